The molecule has 0 saturated carbocycles. The third kappa shape index (κ3) is 3.37. The highest BCUT2D eigenvalue weighted by Gasteiger charge is 2.10. The van der Waals surface area contributed by atoms with Gasteiger partial charge in [-0.1, -0.05) is 25.1 Å². The lowest BCUT2D eigenvalue weighted by molar-refractivity contribution is 0.590. The number of para-hydroxylation sites is 1. The van der Waals surface area contributed by atoms with E-state index in [0.717, 1.165) is 23.1 Å². The molecule has 1 aromatic heterocycles. The molecule has 5 nitrogen and oxygen atoms in total. The molecule has 0 aliphatic heterocycles. The number of nitrogens with zero attached hydrogens (tertiary/aromatic N) is 2. The van der Waals surface area contributed by atoms with E-state index in [2.05, 4.69) is 23.4 Å². The number of nitrogens with one attached hydrogen (secondary N) is 1. The van der Waals surface area contributed by atoms with Gasteiger partial charge in [-0.15, -0.1) is 0 Å². The van der Waals surface area contributed by atoms with E-state index in [1.54, 1.807) is 6.92 Å². The summed E-state index contributed by atoms with van der Waals surface area (Å²) in [6, 6.07) is 8.10. The molecule has 0 spiro atoms. The van der Waals surface area contributed by atoms with Gasteiger partial charge in [0.25, 0.3) is 0 Å². The van der Waals surface area contributed by atoms with E-state index in [0.29, 0.717) is 13.1 Å². The molecule has 0 aliphatic carbocycles. The van der Waals surface area contributed by atoms with Crippen LogP contribution in [0, 0.1) is 0 Å². The molecule has 0 bridgehead atoms. The topological polar surface area (TPSA) is 64.0 Å². The maximum atomic E-state index is 11.4. The molecule has 2 aromatic rings. The Hall–Kier alpha value is -1.40. The van der Waals surface area contributed by atoms with Crippen molar-refractivity contribution in [3.8, 4) is 0 Å². The first-order valence-corrected chi connectivity index (χ1v) is 8.75. The fourth-order valence-corrected chi connectivity index (χ4v) is 2.89. The fourth-order valence-electron chi connectivity index (χ4n) is 2.15. The number of hydrogen-bond acceptors (Lipinski definition) is 4. The van der Waals surface area contributed by atoms with Crippen LogP contribution >= 0.6 is 0 Å². The Morgan fingerprint density at radius 1 is 1.25 bits per heavy atom. The van der Waals surface area contributed by atoms with E-state index in [9.17, 15) is 8.42 Å². The fraction of sp³-hybridized carbons (Fsp3) is 0.500. The predicted octanol–water partition coefficient (Wildman–Crippen LogP) is 1.58. The number of aromatic nitrogens is 2. The smallest absolute Gasteiger partial charge is 0.151 e. The summed E-state index contributed by atoms with van der Waals surface area (Å²) < 4.78 is 24.8. The number of sulfone groups is 1. The molecule has 0 aliphatic rings. The first-order chi connectivity index (χ1) is 9.57. The van der Waals surface area contributed by atoms with Crippen LogP contribution in [0.25, 0.3) is 10.9 Å². The van der Waals surface area contributed by atoms with Gasteiger partial charge < -0.3 is 5.32 Å². The number of hydrogen-bond donors (Lipinski definition) is 1. The van der Waals surface area contributed by atoms with E-state index in [4.69, 9.17) is 0 Å². The van der Waals surface area contributed by atoms with Gasteiger partial charge in [-0.05, 0) is 13.0 Å². The molecule has 0 atom stereocenters. The second-order valence-electron chi connectivity index (χ2n) is 4.69. The average molecular weight is 295 g/mol. The third-order valence-corrected chi connectivity index (χ3v) is 5.06. The van der Waals surface area contributed by atoms with Gasteiger partial charge in [-0.25, -0.2) is 8.42 Å². The molecule has 2 rings (SSSR count). The Morgan fingerprint density at radius 3 is 2.70 bits per heavy atom. The Morgan fingerprint density at radius 2 is 2.00 bits per heavy atom. The van der Waals surface area contributed by atoms with Crippen LogP contribution in [0.5, 0.6) is 0 Å². The lowest BCUT2D eigenvalue weighted by atomic mass is 10.2. The molecule has 110 valence electrons. The molecule has 1 aromatic carbocycles. The molecule has 1 heterocycles. The highest BCUT2D eigenvalue weighted by molar-refractivity contribution is 7.91. The van der Waals surface area contributed by atoms with Crippen molar-refractivity contribution in [1.29, 1.82) is 0 Å². The summed E-state index contributed by atoms with van der Waals surface area (Å²) >= 11 is 0. The lowest BCUT2D eigenvalue weighted by Crippen LogP contribution is -2.23. The Labute approximate surface area is 119 Å². The minimum atomic E-state index is -2.90. The summed E-state index contributed by atoms with van der Waals surface area (Å²) in [5.74, 6) is 0.373. The number of benzene rings is 1. The lowest BCUT2D eigenvalue weighted by Gasteiger charge is -2.03. The summed E-state index contributed by atoms with van der Waals surface area (Å²) in [6.07, 6.45) is 0. The largest absolute Gasteiger partial charge is 0.310 e. The van der Waals surface area contributed by atoms with Crippen molar-refractivity contribution in [1.82, 2.24) is 15.1 Å². The van der Waals surface area contributed by atoms with Gasteiger partial charge in [0, 0.05) is 30.8 Å². The van der Waals surface area contributed by atoms with Crippen molar-refractivity contribution >= 4 is 20.7 Å². The Kier molecular flexibility index (Phi) is 4.77. The molecule has 0 fully saturated rings. The molecule has 1 N–H and O–H groups in total. The predicted molar refractivity (Wildman–Crippen MR) is 81.4 cm³/mol. The maximum Gasteiger partial charge on any atom is 0.151 e. The van der Waals surface area contributed by atoms with Crippen LogP contribution in [0.4, 0.5) is 0 Å². The van der Waals surface area contributed by atoms with Crippen LogP contribution in [0.1, 0.15) is 19.5 Å². The highest BCUT2D eigenvalue weighted by Crippen LogP contribution is 2.18. The number of rotatable bonds is 7. The van der Waals surface area contributed by atoms with Crippen LogP contribution < -0.4 is 5.32 Å². The van der Waals surface area contributed by atoms with Crippen molar-refractivity contribution in [2.75, 3.05) is 18.1 Å². The minimum Gasteiger partial charge on any atom is -0.310 e. The zero-order chi connectivity index (χ0) is 14.6. The van der Waals surface area contributed by atoms with Crippen molar-refractivity contribution < 1.29 is 8.42 Å². The Balaban J connectivity index is 2.04. The second-order valence-corrected chi connectivity index (χ2v) is 7.17. The average Bonchev–Trinajstić information content (AvgIpc) is 2.82. The van der Waals surface area contributed by atoms with Crippen LogP contribution in [-0.2, 0) is 22.9 Å². The summed E-state index contributed by atoms with van der Waals surface area (Å²) in [6.45, 7) is 5.61. The van der Waals surface area contributed by atoms with Crippen molar-refractivity contribution in [2.24, 2.45) is 0 Å². The summed E-state index contributed by atoms with van der Waals surface area (Å²) in [5, 5.41) is 8.86. The molecule has 0 radical (unpaired) electrons. The summed E-state index contributed by atoms with van der Waals surface area (Å²) in [5.41, 5.74) is 2.09. The zero-order valence-corrected chi connectivity index (χ0v) is 12.8. The van der Waals surface area contributed by atoms with Gasteiger partial charge in [0.2, 0.25) is 0 Å². The molecule has 0 amide bonds. The van der Waals surface area contributed by atoms with Gasteiger partial charge >= 0.3 is 0 Å². The van der Waals surface area contributed by atoms with Crippen LogP contribution in [0.3, 0.4) is 0 Å². The first-order valence-electron chi connectivity index (χ1n) is 6.93. The van der Waals surface area contributed by atoms with Crippen molar-refractivity contribution in [3.63, 3.8) is 0 Å². The minimum absolute atomic E-state index is 0.177. The van der Waals surface area contributed by atoms with E-state index < -0.39 is 9.84 Å². The van der Waals surface area contributed by atoms with E-state index in [1.165, 1.54) is 0 Å². The molecular weight excluding hydrogens is 274 g/mol. The number of fused-ring (bicyclic) bond motifs is 1. The van der Waals surface area contributed by atoms with Gasteiger partial charge in [0.15, 0.2) is 9.84 Å². The summed E-state index contributed by atoms with van der Waals surface area (Å²) in [7, 11) is -2.90. The molecule has 6 heteroatoms. The van der Waals surface area contributed by atoms with Gasteiger partial charge in [-0.3, -0.25) is 4.68 Å². The third-order valence-electron chi connectivity index (χ3n) is 3.36. The molecule has 20 heavy (non-hydrogen) atoms. The van der Waals surface area contributed by atoms with Crippen molar-refractivity contribution in [3.05, 3.63) is 30.0 Å². The Bertz CT molecular complexity index is 677. The van der Waals surface area contributed by atoms with E-state index in [1.807, 2.05) is 22.9 Å². The van der Waals surface area contributed by atoms with E-state index in [-0.39, 0.29) is 11.5 Å². The highest BCUT2D eigenvalue weighted by atomic mass is 32.2. The SMILES string of the molecule is CCn1nc(CNCCS(=O)(=O)CC)c2ccccc21. The zero-order valence-electron chi connectivity index (χ0n) is 12.0. The van der Waals surface area contributed by atoms with Gasteiger partial charge in [-0.2, -0.15) is 5.10 Å². The molecular formula is C14H21N3O2S. The molecule has 0 saturated heterocycles. The monoisotopic (exact) mass is 295 g/mol. The van der Waals surface area contributed by atoms with Gasteiger partial charge in [0.05, 0.1) is 17.0 Å². The normalized spacial score (nSPS) is 12.1. The van der Waals surface area contributed by atoms with Crippen LogP contribution in [0.2, 0.25) is 0 Å². The standard InChI is InChI=1S/C14H21N3O2S/c1-3-17-14-8-6-5-7-12(14)13(16-17)11-15-9-10-20(18,19)4-2/h5-8,15H,3-4,9-11H2,1-2H3. The quantitative estimate of drug-likeness (QED) is 0.788. The molecule has 0 unspecified atom stereocenters. The maximum absolute atomic E-state index is 11.4. The van der Waals surface area contributed by atoms with Crippen LogP contribution in [0.15, 0.2) is 24.3 Å². The second kappa shape index (κ2) is 6.37. The summed E-state index contributed by atoms with van der Waals surface area (Å²) in [4.78, 5) is 0. The van der Waals surface area contributed by atoms with Crippen molar-refractivity contribution in [2.45, 2.75) is 26.9 Å². The van der Waals surface area contributed by atoms with E-state index >= 15 is 0 Å². The first kappa shape index (κ1) is 15.0. The van der Waals surface area contributed by atoms with Crippen LogP contribution in [-0.4, -0.2) is 36.2 Å². The number of aryl methyl sites for hydroxylation is 1. The van der Waals surface area contributed by atoms with Gasteiger partial charge in [0.1, 0.15) is 0 Å².